The monoisotopic (exact) mass is 408 g/mol. The van der Waals surface area contributed by atoms with E-state index in [-0.39, 0.29) is 12.4 Å². The summed E-state index contributed by atoms with van der Waals surface area (Å²) < 4.78 is 20.1. The molecule has 132 valence electrons. The van der Waals surface area contributed by atoms with Gasteiger partial charge in [0.1, 0.15) is 23.8 Å². The highest BCUT2D eigenvalue weighted by Gasteiger charge is 2.22. The van der Waals surface area contributed by atoms with E-state index >= 15 is 0 Å². The molecular formula is C18H18BrFN2O3. The number of hydrogen-bond donors (Lipinski definition) is 2. The molecule has 2 aromatic carbocycles. The van der Waals surface area contributed by atoms with Crippen LogP contribution in [0, 0.1) is 5.82 Å². The number of carbonyl (C=O) groups is 1. The molecule has 5 nitrogen and oxygen atoms in total. The van der Waals surface area contributed by atoms with E-state index in [0.717, 1.165) is 4.47 Å². The first-order valence-electron chi connectivity index (χ1n) is 7.49. The Bertz CT molecular complexity index is 788. The SMILES string of the molecule is CC(C)(O)C(=O)NN=Cc1cc(Br)ccc1OCc1ccccc1F. The van der Waals surface area contributed by atoms with E-state index in [1.165, 1.54) is 26.1 Å². The Morgan fingerprint density at radius 2 is 2.08 bits per heavy atom. The summed E-state index contributed by atoms with van der Waals surface area (Å²) in [5.41, 5.74) is 1.74. The third-order valence-corrected chi connectivity index (χ3v) is 3.73. The van der Waals surface area contributed by atoms with Gasteiger partial charge in [-0.2, -0.15) is 5.10 Å². The number of hydrazone groups is 1. The predicted molar refractivity (Wildman–Crippen MR) is 96.9 cm³/mol. The van der Waals surface area contributed by atoms with Crippen molar-refractivity contribution in [3.63, 3.8) is 0 Å². The van der Waals surface area contributed by atoms with Crippen LogP contribution in [0.1, 0.15) is 25.0 Å². The summed E-state index contributed by atoms with van der Waals surface area (Å²) in [6.45, 7) is 2.78. The summed E-state index contributed by atoms with van der Waals surface area (Å²) in [6, 6.07) is 11.6. The Kier molecular flexibility index (Phi) is 6.27. The third-order valence-electron chi connectivity index (χ3n) is 3.24. The summed E-state index contributed by atoms with van der Waals surface area (Å²) in [6.07, 6.45) is 1.39. The van der Waals surface area contributed by atoms with Crippen molar-refractivity contribution in [2.75, 3.05) is 0 Å². The number of rotatable bonds is 6. The molecule has 2 N–H and O–H groups in total. The first kappa shape index (κ1) is 19.1. The van der Waals surface area contributed by atoms with Crippen molar-refractivity contribution in [1.82, 2.24) is 5.43 Å². The van der Waals surface area contributed by atoms with E-state index < -0.39 is 11.5 Å². The van der Waals surface area contributed by atoms with Crippen LogP contribution in [0.4, 0.5) is 4.39 Å². The van der Waals surface area contributed by atoms with Crippen LogP contribution in [0.5, 0.6) is 5.75 Å². The lowest BCUT2D eigenvalue weighted by Crippen LogP contribution is -2.39. The average molecular weight is 409 g/mol. The number of carbonyl (C=O) groups excluding carboxylic acids is 1. The van der Waals surface area contributed by atoms with Crippen LogP contribution in [-0.2, 0) is 11.4 Å². The minimum Gasteiger partial charge on any atom is -0.488 e. The summed E-state index contributed by atoms with van der Waals surface area (Å²) in [5, 5.41) is 13.4. The molecule has 0 aliphatic carbocycles. The van der Waals surface area contributed by atoms with Gasteiger partial charge in [-0.3, -0.25) is 4.79 Å². The fourth-order valence-corrected chi connectivity index (χ4v) is 2.20. The molecule has 0 heterocycles. The van der Waals surface area contributed by atoms with Crippen molar-refractivity contribution in [3.05, 3.63) is 63.9 Å². The van der Waals surface area contributed by atoms with Gasteiger partial charge in [-0.25, -0.2) is 9.82 Å². The van der Waals surface area contributed by atoms with Crippen molar-refractivity contribution in [2.45, 2.75) is 26.1 Å². The summed E-state index contributed by atoms with van der Waals surface area (Å²) >= 11 is 3.35. The minimum atomic E-state index is -1.53. The first-order valence-corrected chi connectivity index (χ1v) is 8.28. The van der Waals surface area contributed by atoms with E-state index in [1.54, 1.807) is 36.4 Å². The van der Waals surface area contributed by atoms with E-state index in [4.69, 9.17) is 4.74 Å². The lowest BCUT2D eigenvalue weighted by atomic mass is 10.1. The molecule has 2 aromatic rings. The first-order chi connectivity index (χ1) is 11.8. The van der Waals surface area contributed by atoms with Gasteiger partial charge in [0.15, 0.2) is 0 Å². The molecular weight excluding hydrogens is 391 g/mol. The highest BCUT2D eigenvalue weighted by atomic mass is 79.9. The standard InChI is InChI=1S/C18H18BrFN2O3/c1-18(2,24)17(23)22-21-10-13-9-14(19)7-8-16(13)25-11-12-5-3-4-6-15(12)20/h3-10,24H,11H2,1-2H3,(H,22,23). The zero-order chi connectivity index (χ0) is 18.4. The van der Waals surface area contributed by atoms with Gasteiger partial charge in [-0.1, -0.05) is 34.1 Å². The largest absolute Gasteiger partial charge is 0.488 e. The molecule has 0 saturated carbocycles. The van der Waals surface area contributed by atoms with E-state index in [0.29, 0.717) is 16.9 Å². The van der Waals surface area contributed by atoms with Crippen LogP contribution in [0.3, 0.4) is 0 Å². The molecule has 0 radical (unpaired) electrons. The molecule has 0 spiro atoms. The lowest BCUT2D eigenvalue weighted by Gasteiger charge is -2.14. The van der Waals surface area contributed by atoms with E-state index in [9.17, 15) is 14.3 Å². The molecule has 1 amide bonds. The smallest absolute Gasteiger partial charge is 0.271 e. The van der Waals surface area contributed by atoms with Gasteiger partial charge in [0, 0.05) is 15.6 Å². The number of nitrogens with zero attached hydrogens (tertiary/aromatic N) is 1. The van der Waals surface area contributed by atoms with Crippen LogP contribution in [0.15, 0.2) is 52.0 Å². The molecule has 0 atom stereocenters. The Labute approximate surface area is 153 Å². The Morgan fingerprint density at radius 1 is 1.36 bits per heavy atom. The van der Waals surface area contributed by atoms with Gasteiger partial charge >= 0.3 is 0 Å². The third kappa shape index (κ3) is 5.65. The second-order valence-electron chi connectivity index (χ2n) is 5.82. The van der Waals surface area contributed by atoms with Gasteiger partial charge in [-0.15, -0.1) is 0 Å². The van der Waals surface area contributed by atoms with Crippen LogP contribution < -0.4 is 10.2 Å². The highest BCUT2D eigenvalue weighted by Crippen LogP contribution is 2.23. The zero-order valence-electron chi connectivity index (χ0n) is 13.8. The van der Waals surface area contributed by atoms with Crippen molar-refractivity contribution in [1.29, 1.82) is 0 Å². The number of halogens is 2. The Morgan fingerprint density at radius 3 is 2.76 bits per heavy atom. The zero-order valence-corrected chi connectivity index (χ0v) is 15.4. The number of amides is 1. The lowest BCUT2D eigenvalue weighted by molar-refractivity contribution is -0.136. The normalized spacial score (nSPS) is 11.6. The number of hydrogen-bond acceptors (Lipinski definition) is 4. The summed E-state index contributed by atoms with van der Waals surface area (Å²) in [4.78, 5) is 11.6. The Hall–Kier alpha value is -2.25. The molecule has 0 aromatic heterocycles. The van der Waals surface area contributed by atoms with Gasteiger partial charge in [0.2, 0.25) is 0 Å². The molecule has 0 aliphatic heterocycles. The fraction of sp³-hybridized carbons (Fsp3) is 0.222. The fourth-order valence-electron chi connectivity index (χ4n) is 1.82. The molecule has 2 rings (SSSR count). The van der Waals surface area contributed by atoms with Crippen LogP contribution in [0.2, 0.25) is 0 Å². The predicted octanol–water partition coefficient (Wildman–Crippen LogP) is 3.39. The number of nitrogens with one attached hydrogen (secondary N) is 1. The maximum atomic E-state index is 13.7. The minimum absolute atomic E-state index is 0.0607. The van der Waals surface area contributed by atoms with E-state index in [2.05, 4.69) is 26.5 Å². The van der Waals surface area contributed by atoms with Gasteiger partial charge in [-0.05, 0) is 38.1 Å². The number of benzene rings is 2. The molecule has 0 unspecified atom stereocenters. The quantitative estimate of drug-likeness (QED) is 0.568. The Balaban J connectivity index is 2.12. The topological polar surface area (TPSA) is 70.9 Å². The summed E-state index contributed by atoms with van der Waals surface area (Å²) in [7, 11) is 0. The maximum Gasteiger partial charge on any atom is 0.271 e. The molecule has 25 heavy (non-hydrogen) atoms. The van der Waals surface area contributed by atoms with Gasteiger partial charge in [0.05, 0.1) is 6.21 Å². The molecule has 0 aliphatic rings. The van der Waals surface area contributed by atoms with Crippen molar-refractivity contribution < 1.29 is 19.0 Å². The molecule has 0 bridgehead atoms. The van der Waals surface area contributed by atoms with E-state index in [1.807, 2.05) is 0 Å². The molecule has 0 saturated heterocycles. The van der Waals surface area contributed by atoms with Gasteiger partial charge in [0.25, 0.3) is 5.91 Å². The van der Waals surface area contributed by atoms with Crippen LogP contribution in [-0.4, -0.2) is 22.8 Å². The van der Waals surface area contributed by atoms with Crippen molar-refractivity contribution in [3.8, 4) is 5.75 Å². The number of aliphatic hydroxyl groups is 1. The maximum absolute atomic E-state index is 13.7. The second kappa shape index (κ2) is 8.22. The van der Waals surface area contributed by atoms with Crippen LogP contribution >= 0.6 is 15.9 Å². The average Bonchev–Trinajstić information content (AvgIpc) is 2.54. The molecule has 7 heteroatoms. The summed E-state index contributed by atoms with van der Waals surface area (Å²) in [5.74, 6) is -0.493. The second-order valence-corrected chi connectivity index (χ2v) is 6.74. The number of ether oxygens (including phenoxy) is 1. The van der Waals surface area contributed by atoms with Crippen LogP contribution in [0.25, 0.3) is 0 Å². The molecule has 0 fully saturated rings. The van der Waals surface area contributed by atoms with Gasteiger partial charge < -0.3 is 9.84 Å². The van der Waals surface area contributed by atoms with Crippen molar-refractivity contribution >= 4 is 28.1 Å². The van der Waals surface area contributed by atoms with Crippen molar-refractivity contribution in [2.24, 2.45) is 5.10 Å². The highest BCUT2D eigenvalue weighted by molar-refractivity contribution is 9.10.